The average molecular weight is 323 g/mol. The molecule has 18 heavy (non-hydrogen) atoms. The highest BCUT2D eigenvalue weighted by Crippen LogP contribution is 2.35. The summed E-state index contributed by atoms with van der Waals surface area (Å²) in [7, 11) is -3.56. The van der Waals surface area contributed by atoms with Gasteiger partial charge in [0.15, 0.2) is 0 Å². The number of nitrogens with two attached hydrogens (primary N) is 1. The first kappa shape index (κ1) is 14.3. The Morgan fingerprint density at radius 1 is 1.39 bits per heavy atom. The highest BCUT2D eigenvalue weighted by Gasteiger charge is 2.14. The van der Waals surface area contributed by atoms with Crippen molar-refractivity contribution in [1.29, 1.82) is 0 Å². The molecule has 0 fully saturated rings. The van der Waals surface area contributed by atoms with Gasteiger partial charge in [0.1, 0.15) is 4.21 Å². The predicted octanol–water partition coefficient (Wildman–Crippen LogP) is 2.06. The van der Waals surface area contributed by atoms with Crippen LogP contribution in [0.5, 0.6) is 0 Å². The van der Waals surface area contributed by atoms with E-state index in [1.54, 1.807) is 17.4 Å². The maximum absolute atomic E-state index is 11.2. The van der Waals surface area contributed by atoms with Crippen molar-refractivity contribution < 1.29 is 8.42 Å². The van der Waals surface area contributed by atoms with Gasteiger partial charge in [-0.05, 0) is 18.4 Å². The summed E-state index contributed by atoms with van der Waals surface area (Å²) in [4.78, 5) is 1.22. The number of nitrogens with one attached hydrogen (secondary N) is 1. The van der Waals surface area contributed by atoms with Crippen LogP contribution in [0.25, 0.3) is 9.40 Å². The Morgan fingerprint density at radius 2 is 2.17 bits per heavy atom. The lowest BCUT2D eigenvalue weighted by Crippen LogP contribution is -2.15. The summed E-state index contributed by atoms with van der Waals surface area (Å²) in [6.45, 7) is 1.81. The molecule has 0 saturated carbocycles. The Balaban J connectivity index is 2.08. The predicted molar refractivity (Wildman–Crippen MR) is 81.2 cm³/mol. The highest BCUT2D eigenvalue weighted by molar-refractivity contribution is 7.98. The first-order chi connectivity index (χ1) is 8.50. The normalized spacial score (nSPS) is 12.3. The van der Waals surface area contributed by atoms with Gasteiger partial charge in [0, 0.05) is 29.1 Å². The minimum Gasteiger partial charge on any atom is -0.311 e. The van der Waals surface area contributed by atoms with E-state index in [0.29, 0.717) is 0 Å². The monoisotopic (exact) mass is 322 g/mol. The van der Waals surface area contributed by atoms with E-state index in [4.69, 9.17) is 5.14 Å². The minimum atomic E-state index is -3.56. The number of hydrogen-bond acceptors (Lipinski definition) is 6. The lowest BCUT2D eigenvalue weighted by Gasteiger charge is -1.99. The quantitative estimate of drug-likeness (QED) is 0.799. The fourth-order valence-corrected chi connectivity index (χ4v) is 5.19. The van der Waals surface area contributed by atoms with E-state index < -0.39 is 10.0 Å². The van der Waals surface area contributed by atoms with Crippen molar-refractivity contribution in [2.45, 2.75) is 10.8 Å². The zero-order chi connectivity index (χ0) is 13.2. The van der Waals surface area contributed by atoms with Gasteiger partial charge in [0.2, 0.25) is 10.0 Å². The molecular formula is C10H14N2O2S4. The van der Waals surface area contributed by atoms with Crippen molar-refractivity contribution in [2.75, 3.05) is 18.6 Å². The molecule has 0 bridgehead atoms. The number of thioether (sulfide) groups is 1. The van der Waals surface area contributed by atoms with Gasteiger partial charge in [-0.3, -0.25) is 0 Å². The summed E-state index contributed by atoms with van der Waals surface area (Å²) < 4.78 is 23.7. The molecule has 8 heteroatoms. The molecule has 0 atom stereocenters. The molecule has 4 nitrogen and oxygen atoms in total. The number of rotatable bonds is 6. The fourth-order valence-electron chi connectivity index (χ4n) is 1.48. The second-order valence-electron chi connectivity index (χ2n) is 3.74. The van der Waals surface area contributed by atoms with Crippen LogP contribution in [0.3, 0.4) is 0 Å². The van der Waals surface area contributed by atoms with Crippen LogP contribution in [0.1, 0.15) is 4.88 Å². The van der Waals surface area contributed by atoms with Gasteiger partial charge in [-0.15, -0.1) is 22.7 Å². The summed E-state index contributed by atoms with van der Waals surface area (Å²) in [6, 6.07) is 3.68. The number of primary sulfonamides is 1. The largest absolute Gasteiger partial charge is 0.311 e. The second kappa shape index (κ2) is 5.89. The van der Waals surface area contributed by atoms with Crippen molar-refractivity contribution in [3.8, 4) is 0 Å². The lowest BCUT2D eigenvalue weighted by atomic mass is 10.3. The minimum absolute atomic E-state index is 0.241. The van der Waals surface area contributed by atoms with Crippen LogP contribution in [0.2, 0.25) is 0 Å². The Kier molecular flexibility index (Phi) is 4.68. The van der Waals surface area contributed by atoms with Crippen molar-refractivity contribution in [1.82, 2.24) is 5.32 Å². The Labute approximate surface area is 119 Å². The smallest absolute Gasteiger partial charge is 0.247 e. The number of sulfonamides is 1. The fraction of sp³-hybridized carbons (Fsp3) is 0.400. The summed E-state index contributed by atoms with van der Waals surface area (Å²) in [5, 5.41) is 9.42. The molecule has 0 radical (unpaired) electrons. The zero-order valence-electron chi connectivity index (χ0n) is 9.80. The number of fused-ring (bicyclic) bond motifs is 1. The maximum atomic E-state index is 11.2. The van der Waals surface area contributed by atoms with Gasteiger partial charge in [-0.25, -0.2) is 13.6 Å². The molecule has 0 aromatic carbocycles. The van der Waals surface area contributed by atoms with Crippen molar-refractivity contribution in [2.24, 2.45) is 5.14 Å². The van der Waals surface area contributed by atoms with Crippen LogP contribution in [-0.4, -0.2) is 27.0 Å². The van der Waals surface area contributed by atoms with E-state index in [2.05, 4.69) is 11.6 Å². The first-order valence-corrected chi connectivity index (χ1v) is 9.83. The zero-order valence-corrected chi connectivity index (χ0v) is 13.1. The SMILES string of the molecule is CSCCNCc1cc2cc(S(N)(=O)=O)sc2s1. The van der Waals surface area contributed by atoms with Gasteiger partial charge in [-0.1, -0.05) is 0 Å². The third-order valence-electron chi connectivity index (χ3n) is 2.31. The molecule has 2 rings (SSSR count). The molecule has 3 N–H and O–H groups in total. The van der Waals surface area contributed by atoms with Gasteiger partial charge in [0.05, 0.1) is 4.01 Å². The molecule has 2 aromatic rings. The van der Waals surface area contributed by atoms with E-state index in [1.807, 2.05) is 17.8 Å². The van der Waals surface area contributed by atoms with Crippen LogP contribution >= 0.6 is 34.4 Å². The Morgan fingerprint density at radius 3 is 2.78 bits per heavy atom. The molecule has 0 aliphatic rings. The summed E-state index contributed by atoms with van der Waals surface area (Å²) >= 11 is 4.67. The van der Waals surface area contributed by atoms with Crippen LogP contribution < -0.4 is 10.5 Å². The molecule has 0 saturated heterocycles. The third-order valence-corrected chi connectivity index (χ3v) is 6.73. The van der Waals surface area contributed by atoms with Crippen LogP contribution in [0, 0.1) is 0 Å². The average Bonchev–Trinajstić information content (AvgIpc) is 2.80. The molecule has 0 unspecified atom stereocenters. The first-order valence-electron chi connectivity index (χ1n) is 5.25. The van der Waals surface area contributed by atoms with Crippen molar-refractivity contribution in [3.63, 3.8) is 0 Å². The van der Waals surface area contributed by atoms with Crippen molar-refractivity contribution in [3.05, 3.63) is 17.0 Å². The Bertz CT molecular complexity index is 598. The van der Waals surface area contributed by atoms with Crippen molar-refractivity contribution >= 4 is 53.9 Å². The van der Waals surface area contributed by atoms with E-state index in [9.17, 15) is 8.42 Å². The standard InChI is InChI=1S/C10H14N2O2S4/c1-15-3-2-12-6-8-4-7-5-9(18(11,13)14)17-10(7)16-8/h4-5,12H,2-3,6H2,1H3,(H2,11,13,14). The van der Waals surface area contributed by atoms with E-state index in [-0.39, 0.29) is 4.21 Å². The molecule has 0 amide bonds. The number of thiophene rings is 2. The summed E-state index contributed by atoms with van der Waals surface area (Å²) in [6.07, 6.45) is 2.08. The van der Waals surface area contributed by atoms with E-state index in [1.165, 1.54) is 16.2 Å². The van der Waals surface area contributed by atoms with E-state index in [0.717, 1.165) is 28.2 Å². The van der Waals surface area contributed by atoms with Gasteiger partial charge < -0.3 is 5.32 Å². The lowest BCUT2D eigenvalue weighted by molar-refractivity contribution is 0.600. The van der Waals surface area contributed by atoms with Gasteiger partial charge in [0.25, 0.3) is 0 Å². The molecule has 0 spiro atoms. The van der Waals surface area contributed by atoms with Gasteiger partial charge >= 0.3 is 0 Å². The summed E-state index contributed by atoms with van der Waals surface area (Å²) in [5.41, 5.74) is 0. The van der Waals surface area contributed by atoms with Crippen LogP contribution in [-0.2, 0) is 16.6 Å². The molecular weight excluding hydrogens is 308 g/mol. The summed E-state index contributed by atoms with van der Waals surface area (Å²) in [5.74, 6) is 1.09. The van der Waals surface area contributed by atoms with Crippen LogP contribution in [0.15, 0.2) is 16.3 Å². The molecule has 0 aliphatic carbocycles. The van der Waals surface area contributed by atoms with E-state index >= 15 is 0 Å². The Hall–Kier alpha value is -0.120. The molecule has 2 aromatic heterocycles. The highest BCUT2D eigenvalue weighted by atomic mass is 32.2. The van der Waals surface area contributed by atoms with Crippen LogP contribution in [0.4, 0.5) is 0 Å². The topological polar surface area (TPSA) is 72.2 Å². The molecule has 100 valence electrons. The maximum Gasteiger partial charge on any atom is 0.247 e. The molecule has 2 heterocycles. The molecule has 0 aliphatic heterocycles. The third kappa shape index (κ3) is 3.46. The number of hydrogen-bond donors (Lipinski definition) is 2. The second-order valence-corrected chi connectivity index (χ2v) is 8.96. The van der Waals surface area contributed by atoms with Gasteiger partial charge in [-0.2, -0.15) is 11.8 Å².